The predicted octanol–water partition coefficient (Wildman–Crippen LogP) is 4.13. The fourth-order valence-corrected chi connectivity index (χ4v) is 3.71. The van der Waals surface area contributed by atoms with E-state index in [0.29, 0.717) is 6.61 Å². The molecular formula is C23H44O5. The Labute approximate surface area is 172 Å². The Morgan fingerprint density at radius 3 is 2.07 bits per heavy atom. The second kappa shape index (κ2) is 17.4. The van der Waals surface area contributed by atoms with Crippen LogP contribution < -0.4 is 0 Å². The lowest BCUT2D eigenvalue weighted by atomic mass is 10.0. The maximum absolute atomic E-state index is 9.86. The van der Waals surface area contributed by atoms with E-state index in [0.717, 1.165) is 6.42 Å². The maximum atomic E-state index is 9.86. The molecule has 1 heterocycles. The van der Waals surface area contributed by atoms with E-state index in [2.05, 4.69) is 13.0 Å². The molecule has 5 nitrogen and oxygen atoms in total. The Kier molecular flexibility index (Phi) is 15.9. The monoisotopic (exact) mass is 400 g/mol. The second-order valence-corrected chi connectivity index (χ2v) is 8.06. The van der Waals surface area contributed by atoms with E-state index in [-0.39, 0.29) is 6.61 Å². The van der Waals surface area contributed by atoms with Crippen molar-refractivity contribution in [2.75, 3.05) is 19.8 Å². The fourth-order valence-electron chi connectivity index (χ4n) is 3.71. The molecule has 3 N–H and O–H groups in total. The minimum atomic E-state index is -1.02. The van der Waals surface area contributed by atoms with Crippen LogP contribution in [0.25, 0.3) is 0 Å². The normalized spacial score (nSPS) is 23.6. The predicted molar refractivity (Wildman–Crippen MR) is 113 cm³/mol. The largest absolute Gasteiger partial charge is 0.394 e. The Hall–Kier alpha value is -0.460. The molecule has 166 valence electrons. The number of hydrogen-bond acceptors (Lipinski definition) is 5. The average Bonchev–Trinajstić information content (AvgIpc) is 3.07. The topological polar surface area (TPSA) is 79.2 Å². The molecule has 0 bridgehead atoms. The van der Waals surface area contributed by atoms with Gasteiger partial charge in [0.25, 0.3) is 0 Å². The van der Waals surface area contributed by atoms with E-state index < -0.39 is 31.0 Å². The molecule has 0 aliphatic carbocycles. The van der Waals surface area contributed by atoms with Gasteiger partial charge in [-0.05, 0) is 12.8 Å². The lowest BCUT2D eigenvalue weighted by molar-refractivity contribution is -0.0879. The smallest absolute Gasteiger partial charge is 0.115 e. The highest BCUT2D eigenvalue weighted by Crippen LogP contribution is 2.21. The van der Waals surface area contributed by atoms with Crippen molar-refractivity contribution in [1.82, 2.24) is 0 Å². The first-order chi connectivity index (χ1) is 13.7. The van der Waals surface area contributed by atoms with Crippen LogP contribution in [0.5, 0.6) is 0 Å². The van der Waals surface area contributed by atoms with Gasteiger partial charge in [0.05, 0.1) is 19.8 Å². The number of aliphatic hydroxyl groups excluding tert-OH is 3. The van der Waals surface area contributed by atoms with Gasteiger partial charge in [-0.1, -0.05) is 89.7 Å². The molecule has 1 saturated heterocycles. The molecule has 0 unspecified atom stereocenters. The summed E-state index contributed by atoms with van der Waals surface area (Å²) in [5.41, 5.74) is 0. The summed E-state index contributed by atoms with van der Waals surface area (Å²) in [6.45, 7) is 2.39. The first kappa shape index (κ1) is 25.6. The SMILES string of the molecule is CCCCCCCCCCCCCC/C=C/CO[C@@H]1[C@H]([C@H](O)CO)OC[C@@H]1O. The van der Waals surface area contributed by atoms with Crippen molar-refractivity contribution in [3.05, 3.63) is 12.2 Å². The van der Waals surface area contributed by atoms with E-state index in [1.165, 1.54) is 77.0 Å². The van der Waals surface area contributed by atoms with Crippen LogP contribution in [-0.2, 0) is 9.47 Å². The molecule has 0 radical (unpaired) electrons. The molecule has 4 atom stereocenters. The summed E-state index contributed by atoms with van der Waals surface area (Å²) in [6.07, 6.45) is 18.4. The number of allylic oxidation sites excluding steroid dienone is 1. The van der Waals surface area contributed by atoms with Crippen molar-refractivity contribution in [2.24, 2.45) is 0 Å². The summed E-state index contributed by atoms with van der Waals surface area (Å²) in [5.74, 6) is 0. The van der Waals surface area contributed by atoms with E-state index in [4.69, 9.17) is 14.6 Å². The summed E-state index contributed by atoms with van der Waals surface area (Å²) in [7, 11) is 0. The number of unbranched alkanes of at least 4 members (excludes halogenated alkanes) is 12. The van der Waals surface area contributed by atoms with Gasteiger partial charge in [0.15, 0.2) is 0 Å². The Balaban J connectivity index is 1.90. The van der Waals surface area contributed by atoms with Gasteiger partial charge in [0.2, 0.25) is 0 Å². The quantitative estimate of drug-likeness (QED) is 0.238. The third kappa shape index (κ3) is 11.5. The number of hydrogen-bond donors (Lipinski definition) is 3. The molecule has 1 aliphatic rings. The van der Waals surface area contributed by atoms with Gasteiger partial charge in [-0.25, -0.2) is 0 Å². The van der Waals surface area contributed by atoms with Gasteiger partial charge in [-0.15, -0.1) is 0 Å². The summed E-state index contributed by atoms with van der Waals surface area (Å²) in [5, 5.41) is 28.6. The maximum Gasteiger partial charge on any atom is 0.115 e. The molecule has 1 fully saturated rings. The van der Waals surface area contributed by atoms with Crippen molar-refractivity contribution >= 4 is 0 Å². The molecule has 0 aromatic heterocycles. The van der Waals surface area contributed by atoms with Crippen molar-refractivity contribution in [3.8, 4) is 0 Å². The third-order valence-electron chi connectivity index (χ3n) is 5.50. The van der Waals surface area contributed by atoms with Gasteiger partial charge in [0.1, 0.15) is 24.4 Å². The number of aliphatic hydroxyl groups is 3. The summed E-state index contributed by atoms with van der Waals surface area (Å²) >= 11 is 0. The van der Waals surface area contributed by atoms with Crippen molar-refractivity contribution < 1.29 is 24.8 Å². The zero-order valence-corrected chi connectivity index (χ0v) is 17.9. The Morgan fingerprint density at radius 2 is 1.50 bits per heavy atom. The van der Waals surface area contributed by atoms with E-state index in [9.17, 15) is 10.2 Å². The van der Waals surface area contributed by atoms with Gasteiger partial charge in [-0.2, -0.15) is 0 Å². The van der Waals surface area contributed by atoms with Crippen LogP contribution in [0.3, 0.4) is 0 Å². The minimum Gasteiger partial charge on any atom is -0.394 e. The summed E-state index contributed by atoms with van der Waals surface area (Å²) in [4.78, 5) is 0. The van der Waals surface area contributed by atoms with Gasteiger partial charge in [0, 0.05) is 0 Å². The third-order valence-corrected chi connectivity index (χ3v) is 5.50. The molecule has 5 heteroatoms. The lowest BCUT2D eigenvalue weighted by Crippen LogP contribution is -2.42. The molecule has 0 spiro atoms. The minimum absolute atomic E-state index is 0.134. The highest BCUT2D eigenvalue weighted by atomic mass is 16.6. The van der Waals surface area contributed by atoms with Crippen molar-refractivity contribution in [2.45, 2.75) is 115 Å². The summed E-state index contributed by atoms with van der Waals surface area (Å²) < 4.78 is 10.9. The Morgan fingerprint density at radius 1 is 0.929 bits per heavy atom. The standard InChI is InChI=1S/C23H44O5/c1-2-3-4-5-6-7-8-9-10-11-12-13-14-15-16-17-27-23-21(26)19-28-22(23)20(25)18-24/h15-16,20-26H,2-14,17-19H2,1H3/b16-15+/t20-,21+,22+,23+/m1/s1. The highest BCUT2D eigenvalue weighted by molar-refractivity contribution is 4.91. The van der Waals surface area contributed by atoms with Gasteiger partial charge >= 0.3 is 0 Å². The lowest BCUT2D eigenvalue weighted by Gasteiger charge is -2.23. The first-order valence-corrected chi connectivity index (χ1v) is 11.6. The highest BCUT2D eigenvalue weighted by Gasteiger charge is 2.40. The summed E-state index contributed by atoms with van der Waals surface area (Å²) in [6, 6.07) is 0. The van der Waals surface area contributed by atoms with Crippen LogP contribution in [0.15, 0.2) is 12.2 Å². The van der Waals surface area contributed by atoms with Gasteiger partial charge in [-0.3, -0.25) is 0 Å². The van der Waals surface area contributed by atoms with Crippen LogP contribution >= 0.6 is 0 Å². The molecule has 0 amide bonds. The first-order valence-electron chi connectivity index (χ1n) is 11.6. The second-order valence-electron chi connectivity index (χ2n) is 8.06. The zero-order chi connectivity index (χ0) is 20.5. The van der Waals surface area contributed by atoms with E-state index in [1.807, 2.05) is 6.08 Å². The molecule has 0 aromatic carbocycles. The van der Waals surface area contributed by atoms with Crippen LogP contribution in [0.1, 0.15) is 90.4 Å². The molecule has 1 rings (SSSR count). The Bertz CT molecular complexity index is 374. The number of rotatable bonds is 18. The molecule has 28 heavy (non-hydrogen) atoms. The molecule has 0 saturated carbocycles. The van der Waals surface area contributed by atoms with Gasteiger partial charge < -0.3 is 24.8 Å². The zero-order valence-electron chi connectivity index (χ0n) is 17.9. The molecule has 0 aromatic rings. The van der Waals surface area contributed by atoms with E-state index >= 15 is 0 Å². The number of ether oxygens (including phenoxy) is 2. The van der Waals surface area contributed by atoms with Crippen LogP contribution in [0, 0.1) is 0 Å². The van der Waals surface area contributed by atoms with Crippen LogP contribution in [0.2, 0.25) is 0 Å². The van der Waals surface area contributed by atoms with Crippen LogP contribution in [0.4, 0.5) is 0 Å². The average molecular weight is 401 g/mol. The fraction of sp³-hybridized carbons (Fsp3) is 0.913. The van der Waals surface area contributed by atoms with Crippen molar-refractivity contribution in [3.63, 3.8) is 0 Å². The van der Waals surface area contributed by atoms with Crippen molar-refractivity contribution in [1.29, 1.82) is 0 Å². The van der Waals surface area contributed by atoms with Crippen LogP contribution in [-0.4, -0.2) is 59.6 Å². The molecule has 1 aliphatic heterocycles. The van der Waals surface area contributed by atoms with E-state index in [1.54, 1.807) is 0 Å². The molecular weight excluding hydrogens is 356 g/mol.